The second-order valence-electron chi connectivity index (χ2n) is 5.94. The van der Waals surface area contributed by atoms with Gasteiger partial charge in [-0.15, -0.1) is 0 Å². The number of rotatable bonds is 8. The van der Waals surface area contributed by atoms with Crippen molar-refractivity contribution in [2.45, 2.75) is 19.4 Å². The number of hydrogen-bond donors (Lipinski definition) is 1. The highest BCUT2D eigenvalue weighted by molar-refractivity contribution is 5.89. The van der Waals surface area contributed by atoms with E-state index in [1.54, 1.807) is 0 Å². The summed E-state index contributed by atoms with van der Waals surface area (Å²) in [7, 11) is 0. The zero-order chi connectivity index (χ0) is 18.2. The van der Waals surface area contributed by atoms with E-state index in [0.717, 1.165) is 22.3 Å². The van der Waals surface area contributed by atoms with E-state index in [2.05, 4.69) is 5.32 Å². The normalized spacial score (nSPS) is 11.7. The van der Waals surface area contributed by atoms with Crippen molar-refractivity contribution in [3.63, 3.8) is 0 Å². The van der Waals surface area contributed by atoms with Gasteiger partial charge >= 0.3 is 0 Å². The monoisotopic (exact) mass is 349 g/mol. The molecule has 0 bridgehead atoms. The Morgan fingerprint density at radius 2 is 1.69 bits per heavy atom. The second kappa shape index (κ2) is 8.90. The average Bonchev–Trinajstić information content (AvgIpc) is 2.70. The molecule has 0 aliphatic rings. The quantitative estimate of drug-likeness (QED) is 0.620. The summed E-state index contributed by atoms with van der Waals surface area (Å²) in [5.74, 6) is 1.39. The van der Waals surface area contributed by atoms with Crippen molar-refractivity contribution in [3.05, 3.63) is 72.8 Å². The lowest BCUT2D eigenvalue weighted by Crippen LogP contribution is -2.39. The standard InChI is InChI=1S/C22H23NO3/c1-2-20(22(24)23-15-16-25-18-11-4-3-5-12-18)26-21-14-8-10-17-9-6-7-13-19(17)21/h3-14,20H,2,15-16H2,1H3,(H,23,24). The molecule has 0 saturated carbocycles. The maximum Gasteiger partial charge on any atom is 0.261 e. The fraction of sp³-hybridized carbons (Fsp3) is 0.227. The molecule has 1 atom stereocenters. The molecule has 0 heterocycles. The van der Waals surface area contributed by atoms with Crippen LogP contribution in [0.25, 0.3) is 10.8 Å². The third kappa shape index (κ3) is 4.54. The van der Waals surface area contributed by atoms with Crippen molar-refractivity contribution in [2.24, 2.45) is 0 Å². The Kier molecular flexibility index (Phi) is 6.09. The predicted octanol–water partition coefficient (Wildman–Crippen LogP) is 4.19. The van der Waals surface area contributed by atoms with Gasteiger partial charge in [-0.1, -0.05) is 61.5 Å². The molecule has 0 fully saturated rings. The van der Waals surface area contributed by atoms with Gasteiger partial charge in [0.2, 0.25) is 0 Å². The fourth-order valence-corrected chi connectivity index (χ4v) is 2.75. The van der Waals surface area contributed by atoms with E-state index in [1.165, 1.54) is 0 Å². The number of carbonyl (C=O) groups excluding carboxylic acids is 1. The van der Waals surface area contributed by atoms with Gasteiger partial charge in [-0.05, 0) is 30.0 Å². The Morgan fingerprint density at radius 1 is 0.962 bits per heavy atom. The minimum absolute atomic E-state index is 0.128. The SMILES string of the molecule is CCC(Oc1cccc2ccccc12)C(=O)NCCOc1ccccc1. The van der Waals surface area contributed by atoms with Gasteiger partial charge in [-0.2, -0.15) is 0 Å². The molecular weight excluding hydrogens is 326 g/mol. The lowest BCUT2D eigenvalue weighted by Gasteiger charge is -2.18. The van der Waals surface area contributed by atoms with Crippen molar-refractivity contribution in [3.8, 4) is 11.5 Å². The Hall–Kier alpha value is -3.01. The Morgan fingerprint density at radius 3 is 2.50 bits per heavy atom. The minimum atomic E-state index is -0.530. The summed E-state index contributed by atoms with van der Waals surface area (Å²) < 4.78 is 11.6. The molecule has 0 aromatic heterocycles. The van der Waals surface area contributed by atoms with Crippen LogP contribution >= 0.6 is 0 Å². The largest absolute Gasteiger partial charge is 0.492 e. The van der Waals surface area contributed by atoms with Gasteiger partial charge in [0.1, 0.15) is 18.1 Å². The lowest BCUT2D eigenvalue weighted by molar-refractivity contribution is -0.128. The molecule has 134 valence electrons. The van der Waals surface area contributed by atoms with Crippen LogP contribution < -0.4 is 14.8 Å². The van der Waals surface area contributed by atoms with Gasteiger partial charge in [-0.25, -0.2) is 0 Å². The van der Waals surface area contributed by atoms with E-state index in [1.807, 2.05) is 79.7 Å². The van der Waals surface area contributed by atoms with Crippen LogP contribution in [-0.4, -0.2) is 25.2 Å². The maximum absolute atomic E-state index is 12.4. The Balaban J connectivity index is 1.55. The molecule has 3 aromatic rings. The highest BCUT2D eigenvalue weighted by Crippen LogP contribution is 2.26. The average molecular weight is 349 g/mol. The smallest absolute Gasteiger partial charge is 0.261 e. The van der Waals surface area contributed by atoms with Crippen LogP contribution in [0.15, 0.2) is 72.8 Å². The molecule has 1 N–H and O–H groups in total. The van der Waals surface area contributed by atoms with E-state index < -0.39 is 6.10 Å². The Labute approximate surface area is 153 Å². The van der Waals surface area contributed by atoms with Gasteiger partial charge in [0.25, 0.3) is 5.91 Å². The number of amides is 1. The number of ether oxygens (including phenoxy) is 2. The molecule has 3 aromatic carbocycles. The number of hydrogen-bond acceptors (Lipinski definition) is 3. The van der Waals surface area contributed by atoms with Crippen LogP contribution in [0, 0.1) is 0 Å². The Bertz CT molecular complexity index is 843. The van der Waals surface area contributed by atoms with Crippen molar-refractivity contribution < 1.29 is 14.3 Å². The summed E-state index contributed by atoms with van der Waals surface area (Å²) in [6.07, 6.45) is 0.0618. The van der Waals surface area contributed by atoms with Crippen molar-refractivity contribution in [1.29, 1.82) is 0 Å². The van der Waals surface area contributed by atoms with E-state index in [4.69, 9.17) is 9.47 Å². The molecule has 0 aliphatic carbocycles. The molecule has 0 saturated heterocycles. The van der Waals surface area contributed by atoms with E-state index >= 15 is 0 Å². The summed E-state index contributed by atoms with van der Waals surface area (Å²) in [5, 5.41) is 4.99. The first kappa shape index (κ1) is 17.8. The third-order valence-electron chi connectivity index (χ3n) is 4.10. The van der Waals surface area contributed by atoms with Crippen molar-refractivity contribution in [1.82, 2.24) is 5.32 Å². The minimum Gasteiger partial charge on any atom is -0.492 e. The van der Waals surface area contributed by atoms with Crippen molar-refractivity contribution in [2.75, 3.05) is 13.2 Å². The van der Waals surface area contributed by atoms with Gasteiger partial charge < -0.3 is 14.8 Å². The first-order valence-electron chi connectivity index (χ1n) is 8.88. The lowest BCUT2D eigenvalue weighted by atomic mass is 10.1. The van der Waals surface area contributed by atoms with E-state index in [0.29, 0.717) is 19.6 Å². The van der Waals surface area contributed by atoms with Gasteiger partial charge in [0.05, 0.1) is 6.54 Å². The first-order valence-corrected chi connectivity index (χ1v) is 8.88. The molecule has 3 rings (SSSR count). The summed E-state index contributed by atoms with van der Waals surface area (Å²) in [6, 6.07) is 23.4. The molecule has 1 unspecified atom stereocenters. The summed E-state index contributed by atoms with van der Waals surface area (Å²) >= 11 is 0. The van der Waals surface area contributed by atoms with Crippen molar-refractivity contribution >= 4 is 16.7 Å². The van der Waals surface area contributed by atoms with Crippen LogP contribution in [0.4, 0.5) is 0 Å². The number of carbonyl (C=O) groups is 1. The number of fused-ring (bicyclic) bond motifs is 1. The van der Waals surface area contributed by atoms with Crippen LogP contribution in [-0.2, 0) is 4.79 Å². The van der Waals surface area contributed by atoms with Crippen LogP contribution in [0.5, 0.6) is 11.5 Å². The molecule has 0 aliphatic heterocycles. The molecule has 26 heavy (non-hydrogen) atoms. The number of nitrogens with one attached hydrogen (secondary N) is 1. The first-order chi connectivity index (χ1) is 12.8. The zero-order valence-corrected chi connectivity index (χ0v) is 14.9. The fourth-order valence-electron chi connectivity index (χ4n) is 2.75. The van der Waals surface area contributed by atoms with Crippen LogP contribution in [0.2, 0.25) is 0 Å². The predicted molar refractivity (Wildman–Crippen MR) is 104 cm³/mol. The molecule has 4 heteroatoms. The topological polar surface area (TPSA) is 47.6 Å². The van der Waals surface area contributed by atoms with Gasteiger partial charge in [0.15, 0.2) is 6.10 Å². The number of benzene rings is 3. The van der Waals surface area contributed by atoms with E-state index in [9.17, 15) is 4.79 Å². The highest BCUT2D eigenvalue weighted by Gasteiger charge is 2.18. The molecule has 0 radical (unpaired) electrons. The molecule has 1 amide bonds. The van der Waals surface area contributed by atoms with Gasteiger partial charge in [-0.3, -0.25) is 4.79 Å². The zero-order valence-electron chi connectivity index (χ0n) is 14.9. The van der Waals surface area contributed by atoms with Crippen LogP contribution in [0.1, 0.15) is 13.3 Å². The highest BCUT2D eigenvalue weighted by atomic mass is 16.5. The van der Waals surface area contributed by atoms with E-state index in [-0.39, 0.29) is 5.91 Å². The molecule has 0 spiro atoms. The summed E-state index contributed by atoms with van der Waals surface area (Å²) in [5.41, 5.74) is 0. The summed E-state index contributed by atoms with van der Waals surface area (Å²) in [4.78, 5) is 12.4. The molecular formula is C22H23NO3. The van der Waals surface area contributed by atoms with Crippen LogP contribution in [0.3, 0.4) is 0 Å². The van der Waals surface area contributed by atoms with Gasteiger partial charge in [0, 0.05) is 5.39 Å². The number of para-hydroxylation sites is 1. The molecule has 4 nitrogen and oxygen atoms in total. The third-order valence-corrected chi connectivity index (χ3v) is 4.10. The summed E-state index contributed by atoms with van der Waals surface area (Å²) in [6.45, 7) is 2.79. The second-order valence-corrected chi connectivity index (χ2v) is 5.94. The maximum atomic E-state index is 12.4.